The molecule has 0 aliphatic rings. The van der Waals surface area contributed by atoms with Gasteiger partial charge in [0.15, 0.2) is 0 Å². The van der Waals surface area contributed by atoms with Crippen LogP contribution in [0.2, 0.25) is 5.02 Å². The maximum absolute atomic E-state index is 13.2. The Morgan fingerprint density at radius 1 is 1.59 bits per heavy atom. The standard InChI is InChI=1S/C12H12ClFN2O/c1-2-16(7-3-6-15)12(17)9-4-5-10(13)11(14)8-9/h4-5,8H,2-3,7H2,1H3. The molecule has 0 spiro atoms. The summed E-state index contributed by atoms with van der Waals surface area (Å²) in [5, 5.41) is 8.47. The van der Waals surface area contributed by atoms with Gasteiger partial charge in [0.1, 0.15) is 5.82 Å². The number of hydrogen-bond acceptors (Lipinski definition) is 2. The summed E-state index contributed by atoms with van der Waals surface area (Å²) in [6.07, 6.45) is 0.260. The summed E-state index contributed by atoms with van der Waals surface area (Å²) < 4.78 is 13.2. The third-order valence-electron chi connectivity index (χ3n) is 2.33. The lowest BCUT2D eigenvalue weighted by molar-refractivity contribution is 0.0767. The highest BCUT2D eigenvalue weighted by Gasteiger charge is 2.15. The number of halogens is 2. The average molecular weight is 255 g/mol. The predicted molar refractivity (Wildman–Crippen MR) is 63.2 cm³/mol. The van der Waals surface area contributed by atoms with Gasteiger partial charge in [0, 0.05) is 18.7 Å². The molecule has 0 aliphatic carbocycles. The van der Waals surface area contributed by atoms with E-state index >= 15 is 0 Å². The minimum atomic E-state index is -0.617. The Labute approximate surface area is 104 Å². The van der Waals surface area contributed by atoms with Crippen LogP contribution < -0.4 is 0 Å². The summed E-state index contributed by atoms with van der Waals surface area (Å²) in [7, 11) is 0. The zero-order valence-corrected chi connectivity index (χ0v) is 10.2. The topological polar surface area (TPSA) is 44.1 Å². The van der Waals surface area contributed by atoms with E-state index in [1.165, 1.54) is 17.0 Å². The molecular formula is C12H12ClFN2O. The van der Waals surface area contributed by atoms with Gasteiger partial charge in [0.25, 0.3) is 5.91 Å². The average Bonchev–Trinajstić information content (AvgIpc) is 2.33. The molecule has 0 N–H and O–H groups in total. The molecule has 3 nitrogen and oxygen atoms in total. The van der Waals surface area contributed by atoms with Crippen LogP contribution in [0.3, 0.4) is 0 Å². The fourth-order valence-electron chi connectivity index (χ4n) is 1.40. The first-order chi connectivity index (χ1) is 8.10. The maximum atomic E-state index is 13.2. The lowest BCUT2D eigenvalue weighted by atomic mass is 10.2. The molecule has 0 radical (unpaired) electrons. The molecule has 0 saturated heterocycles. The molecule has 0 heterocycles. The summed E-state index contributed by atoms with van der Waals surface area (Å²) in [6, 6.07) is 5.91. The molecule has 1 aromatic carbocycles. The van der Waals surface area contributed by atoms with Gasteiger partial charge in [0.05, 0.1) is 17.5 Å². The van der Waals surface area contributed by atoms with Gasteiger partial charge < -0.3 is 4.90 Å². The molecule has 90 valence electrons. The molecule has 0 saturated carbocycles. The third-order valence-corrected chi connectivity index (χ3v) is 2.64. The Hall–Kier alpha value is -1.60. The summed E-state index contributed by atoms with van der Waals surface area (Å²) in [4.78, 5) is 13.4. The Morgan fingerprint density at radius 3 is 2.82 bits per heavy atom. The quantitative estimate of drug-likeness (QED) is 0.829. The third kappa shape index (κ3) is 3.43. The number of carbonyl (C=O) groups is 1. The van der Waals surface area contributed by atoms with Gasteiger partial charge in [-0.2, -0.15) is 5.26 Å². The smallest absolute Gasteiger partial charge is 0.253 e. The molecule has 17 heavy (non-hydrogen) atoms. The number of hydrogen-bond donors (Lipinski definition) is 0. The van der Waals surface area contributed by atoms with Gasteiger partial charge in [-0.25, -0.2) is 4.39 Å². The van der Waals surface area contributed by atoms with Crippen LogP contribution in [0.4, 0.5) is 4.39 Å². The molecule has 0 aromatic heterocycles. The molecule has 0 fully saturated rings. The van der Waals surface area contributed by atoms with E-state index in [1.807, 2.05) is 13.0 Å². The summed E-state index contributed by atoms with van der Waals surface area (Å²) in [6.45, 7) is 2.63. The lowest BCUT2D eigenvalue weighted by Gasteiger charge is -2.19. The van der Waals surface area contributed by atoms with Gasteiger partial charge in [-0.3, -0.25) is 4.79 Å². The Kier molecular flexibility index (Phi) is 4.92. The Balaban J connectivity index is 2.86. The van der Waals surface area contributed by atoms with E-state index in [2.05, 4.69) is 0 Å². The minimum Gasteiger partial charge on any atom is -0.338 e. The first-order valence-electron chi connectivity index (χ1n) is 5.21. The first kappa shape index (κ1) is 13.5. The minimum absolute atomic E-state index is 0.0124. The van der Waals surface area contributed by atoms with Gasteiger partial charge in [0.2, 0.25) is 0 Å². The van der Waals surface area contributed by atoms with Crippen molar-refractivity contribution >= 4 is 17.5 Å². The molecule has 1 rings (SSSR count). The highest BCUT2D eigenvalue weighted by atomic mass is 35.5. The van der Waals surface area contributed by atoms with Crippen molar-refractivity contribution in [2.75, 3.05) is 13.1 Å². The molecule has 0 atom stereocenters. The fourth-order valence-corrected chi connectivity index (χ4v) is 1.52. The van der Waals surface area contributed by atoms with Crippen molar-refractivity contribution < 1.29 is 9.18 Å². The fraction of sp³-hybridized carbons (Fsp3) is 0.333. The maximum Gasteiger partial charge on any atom is 0.253 e. The number of amides is 1. The molecule has 0 unspecified atom stereocenters. The molecule has 1 aromatic rings. The van der Waals surface area contributed by atoms with Gasteiger partial charge in [-0.15, -0.1) is 0 Å². The summed E-state index contributed by atoms with van der Waals surface area (Å²) >= 11 is 5.54. The SMILES string of the molecule is CCN(CCC#N)C(=O)c1ccc(Cl)c(F)c1. The van der Waals surface area contributed by atoms with Crippen molar-refractivity contribution in [2.45, 2.75) is 13.3 Å². The van der Waals surface area contributed by atoms with Gasteiger partial charge in [-0.05, 0) is 25.1 Å². The van der Waals surface area contributed by atoms with E-state index in [4.69, 9.17) is 16.9 Å². The summed E-state index contributed by atoms with van der Waals surface area (Å²) in [5.74, 6) is -0.910. The van der Waals surface area contributed by atoms with Crippen LogP contribution in [0.25, 0.3) is 0 Å². The second-order valence-electron chi connectivity index (χ2n) is 3.42. The van der Waals surface area contributed by atoms with Crippen molar-refractivity contribution in [3.05, 3.63) is 34.6 Å². The van der Waals surface area contributed by atoms with Crippen molar-refractivity contribution in [3.63, 3.8) is 0 Å². The molecule has 5 heteroatoms. The zero-order valence-electron chi connectivity index (χ0n) is 9.41. The van der Waals surface area contributed by atoms with Crippen LogP contribution in [0.5, 0.6) is 0 Å². The van der Waals surface area contributed by atoms with E-state index < -0.39 is 5.82 Å². The van der Waals surface area contributed by atoms with Crippen LogP contribution >= 0.6 is 11.6 Å². The van der Waals surface area contributed by atoms with Crippen LogP contribution in [0.1, 0.15) is 23.7 Å². The van der Waals surface area contributed by atoms with Gasteiger partial charge >= 0.3 is 0 Å². The normalized spacial score (nSPS) is 9.76. The van der Waals surface area contributed by atoms with Crippen LogP contribution in [-0.4, -0.2) is 23.9 Å². The van der Waals surface area contributed by atoms with E-state index in [-0.39, 0.29) is 22.9 Å². The van der Waals surface area contributed by atoms with Crippen molar-refractivity contribution in [1.82, 2.24) is 4.90 Å². The van der Waals surface area contributed by atoms with E-state index in [0.29, 0.717) is 13.1 Å². The first-order valence-corrected chi connectivity index (χ1v) is 5.59. The lowest BCUT2D eigenvalue weighted by Crippen LogP contribution is -2.31. The van der Waals surface area contributed by atoms with E-state index in [1.54, 1.807) is 0 Å². The van der Waals surface area contributed by atoms with E-state index in [9.17, 15) is 9.18 Å². The van der Waals surface area contributed by atoms with Crippen molar-refractivity contribution in [3.8, 4) is 6.07 Å². The second-order valence-corrected chi connectivity index (χ2v) is 3.83. The monoisotopic (exact) mass is 254 g/mol. The number of rotatable bonds is 4. The number of carbonyl (C=O) groups excluding carboxylic acids is 1. The van der Waals surface area contributed by atoms with Crippen LogP contribution in [-0.2, 0) is 0 Å². The number of benzene rings is 1. The molecule has 0 aliphatic heterocycles. The second kappa shape index (κ2) is 6.21. The molecular weight excluding hydrogens is 243 g/mol. The molecule has 0 bridgehead atoms. The number of nitriles is 1. The number of nitrogens with zero attached hydrogens (tertiary/aromatic N) is 2. The highest BCUT2D eigenvalue weighted by Crippen LogP contribution is 2.16. The van der Waals surface area contributed by atoms with Gasteiger partial charge in [-0.1, -0.05) is 11.6 Å². The predicted octanol–water partition coefficient (Wildman–Crippen LogP) is 2.85. The zero-order chi connectivity index (χ0) is 12.8. The van der Waals surface area contributed by atoms with Crippen molar-refractivity contribution in [1.29, 1.82) is 5.26 Å². The Bertz CT molecular complexity index is 456. The molecule has 1 amide bonds. The van der Waals surface area contributed by atoms with E-state index in [0.717, 1.165) is 6.07 Å². The van der Waals surface area contributed by atoms with Crippen LogP contribution in [0, 0.1) is 17.1 Å². The van der Waals surface area contributed by atoms with Crippen molar-refractivity contribution in [2.24, 2.45) is 0 Å². The highest BCUT2D eigenvalue weighted by molar-refractivity contribution is 6.30. The largest absolute Gasteiger partial charge is 0.338 e. The summed E-state index contributed by atoms with van der Waals surface area (Å²) in [5.41, 5.74) is 0.242. The Morgan fingerprint density at radius 2 is 2.29 bits per heavy atom. The van der Waals surface area contributed by atoms with Crippen LogP contribution in [0.15, 0.2) is 18.2 Å².